The van der Waals surface area contributed by atoms with E-state index in [0.29, 0.717) is 12.8 Å². The van der Waals surface area contributed by atoms with Crippen LogP contribution in [0.5, 0.6) is 0 Å². The van der Waals surface area contributed by atoms with Crippen LogP contribution in [0.4, 0.5) is 0 Å². The Hall–Kier alpha value is 0.176. The van der Waals surface area contributed by atoms with Crippen molar-refractivity contribution in [3.05, 3.63) is 46.0 Å². The third kappa shape index (κ3) is 4.74. The summed E-state index contributed by atoms with van der Waals surface area (Å²) in [5.74, 6) is 0. The van der Waals surface area contributed by atoms with Gasteiger partial charge >= 0.3 is 51.4 Å². The molecule has 1 aromatic rings. The van der Waals surface area contributed by atoms with Crippen LogP contribution in [0.3, 0.4) is 0 Å². The molecule has 0 aliphatic heterocycles. The molecule has 17 heavy (non-hydrogen) atoms. The summed E-state index contributed by atoms with van der Waals surface area (Å²) in [6.45, 7) is 1.81. The van der Waals surface area contributed by atoms with Gasteiger partial charge in [0.25, 0.3) is 6.17 Å². The van der Waals surface area contributed by atoms with Crippen molar-refractivity contribution in [2.24, 2.45) is 11.5 Å². The van der Waals surface area contributed by atoms with Gasteiger partial charge in [-0.15, -0.1) is 0 Å². The molecule has 4 N–H and O–H groups in total. The molecule has 0 heterocycles. The first-order valence-corrected chi connectivity index (χ1v) is 5.21. The molecule has 2 atom stereocenters. The molecule has 5 nitrogen and oxygen atoms in total. The summed E-state index contributed by atoms with van der Waals surface area (Å²) in [5, 5.41) is 10.7. The van der Waals surface area contributed by atoms with Crippen LogP contribution < -0.4 is 62.9 Å². The van der Waals surface area contributed by atoms with Crippen LogP contribution in [0.2, 0.25) is 0 Å². The van der Waals surface area contributed by atoms with Gasteiger partial charge in [0, 0.05) is 4.92 Å². The summed E-state index contributed by atoms with van der Waals surface area (Å²) in [4.78, 5) is 10.2. The monoisotopic (exact) mass is 263 g/mol. The number of nitrogens with zero attached hydrogens (tertiary/aromatic N) is 1. The van der Waals surface area contributed by atoms with E-state index >= 15 is 0 Å². The zero-order valence-corrected chi connectivity index (χ0v) is 13.4. The molecule has 0 aromatic heterocycles. The van der Waals surface area contributed by atoms with E-state index in [-0.39, 0.29) is 52.8 Å². The molecule has 1 rings (SSSR count). The topological polar surface area (TPSA) is 95.2 Å². The second-order valence-electron chi connectivity index (χ2n) is 3.98. The summed E-state index contributed by atoms with van der Waals surface area (Å²) >= 11 is 0. The molecule has 0 saturated heterocycles. The fourth-order valence-electron chi connectivity index (χ4n) is 1.62. The van der Waals surface area contributed by atoms with Gasteiger partial charge in [0.1, 0.15) is 5.54 Å². The third-order valence-corrected chi connectivity index (χ3v) is 2.85. The number of rotatable bonds is 5. The maximum atomic E-state index is 10.7. The fourth-order valence-corrected chi connectivity index (χ4v) is 1.62. The van der Waals surface area contributed by atoms with Crippen molar-refractivity contribution >= 4 is 0 Å². The largest absolute Gasteiger partial charge is 1.00 e. The number of nitro groups is 1. The van der Waals surface area contributed by atoms with Gasteiger partial charge in [0.2, 0.25) is 0 Å². The van der Waals surface area contributed by atoms with Gasteiger partial charge in [-0.25, -0.2) is 0 Å². The Morgan fingerprint density at radius 1 is 1.47 bits per heavy atom. The molecule has 0 amide bonds. The van der Waals surface area contributed by atoms with E-state index in [9.17, 15) is 10.1 Å². The van der Waals surface area contributed by atoms with E-state index in [1.807, 2.05) is 37.3 Å². The number of nitrogens with two attached hydrogens (primary N) is 2. The third-order valence-electron chi connectivity index (χ3n) is 2.85. The maximum Gasteiger partial charge on any atom is 1.00 e. The minimum Gasteiger partial charge on any atom is -1.00 e. The molecule has 0 aliphatic rings. The Labute approximate surface area is 145 Å². The normalized spacial score (nSPS) is 15.5. The number of hydrogen-bond acceptors (Lipinski definition) is 4. The van der Waals surface area contributed by atoms with Crippen LogP contribution in [0.15, 0.2) is 30.3 Å². The molecular formula is C11H18KN3O2. The molecule has 0 bridgehead atoms. The average molecular weight is 263 g/mol. The van der Waals surface area contributed by atoms with Crippen molar-refractivity contribution in [1.29, 1.82) is 0 Å². The van der Waals surface area contributed by atoms with E-state index in [2.05, 4.69) is 0 Å². The zero-order chi connectivity index (χ0) is 12.2. The van der Waals surface area contributed by atoms with Crippen LogP contribution in [-0.4, -0.2) is 16.6 Å². The van der Waals surface area contributed by atoms with Gasteiger partial charge in [0.15, 0.2) is 0 Å². The van der Waals surface area contributed by atoms with Crippen molar-refractivity contribution in [2.75, 3.05) is 0 Å². The second kappa shape index (κ2) is 7.58. The zero-order valence-electron chi connectivity index (χ0n) is 11.3. The summed E-state index contributed by atoms with van der Waals surface area (Å²) in [6, 6.07) is 9.43. The summed E-state index contributed by atoms with van der Waals surface area (Å²) < 4.78 is 0. The van der Waals surface area contributed by atoms with Crippen LogP contribution in [0.25, 0.3) is 0 Å². The van der Waals surface area contributed by atoms with Crippen LogP contribution in [0.1, 0.15) is 20.3 Å². The van der Waals surface area contributed by atoms with Gasteiger partial charge in [-0.3, -0.25) is 15.8 Å². The molecular weight excluding hydrogens is 245 g/mol. The molecule has 1 aromatic carbocycles. The predicted molar refractivity (Wildman–Crippen MR) is 63.4 cm³/mol. The average Bonchev–Trinajstić information content (AvgIpc) is 2.29. The molecule has 0 fully saturated rings. The fraction of sp³-hybridized carbons (Fsp3) is 0.455. The van der Waals surface area contributed by atoms with Crippen molar-refractivity contribution in [1.82, 2.24) is 0 Å². The summed E-state index contributed by atoms with van der Waals surface area (Å²) in [7, 11) is 0. The second-order valence-corrected chi connectivity index (χ2v) is 3.98. The molecule has 0 aliphatic carbocycles. The standard InChI is InChI=1S/C11H17N3O2.K.H/c1-2-11(13,10(12)14(15)16)8-9-6-4-3-5-7-9;;/h3-7,10H,2,8,12-13H2,1H3;;/q;+1;-1. The first-order valence-electron chi connectivity index (χ1n) is 5.21. The molecule has 6 heteroatoms. The molecule has 2 unspecified atom stereocenters. The Morgan fingerprint density at radius 2 is 2.00 bits per heavy atom. The van der Waals surface area contributed by atoms with Crippen LogP contribution in [-0.2, 0) is 6.42 Å². The van der Waals surface area contributed by atoms with Crippen molar-refractivity contribution in [3.8, 4) is 0 Å². The van der Waals surface area contributed by atoms with Gasteiger partial charge < -0.3 is 7.16 Å². The first kappa shape index (κ1) is 17.2. The smallest absolute Gasteiger partial charge is 1.00 e. The Morgan fingerprint density at radius 3 is 2.41 bits per heavy atom. The van der Waals surface area contributed by atoms with Crippen LogP contribution >= 0.6 is 0 Å². The maximum absolute atomic E-state index is 10.7. The van der Waals surface area contributed by atoms with Gasteiger partial charge in [-0.2, -0.15) is 0 Å². The molecule has 0 radical (unpaired) electrons. The predicted octanol–water partition coefficient (Wildman–Crippen LogP) is -1.99. The van der Waals surface area contributed by atoms with E-state index in [0.717, 1.165) is 5.56 Å². The van der Waals surface area contributed by atoms with E-state index in [4.69, 9.17) is 11.5 Å². The van der Waals surface area contributed by atoms with E-state index < -0.39 is 16.6 Å². The quantitative estimate of drug-likeness (QED) is 0.278. The van der Waals surface area contributed by atoms with E-state index in [1.165, 1.54) is 0 Å². The minimum absolute atomic E-state index is 0. The first-order chi connectivity index (χ1) is 7.49. The van der Waals surface area contributed by atoms with Gasteiger partial charge in [-0.05, 0) is 18.4 Å². The molecule has 0 spiro atoms. The summed E-state index contributed by atoms with van der Waals surface area (Å²) in [5.41, 5.74) is 11.5. The van der Waals surface area contributed by atoms with Crippen LogP contribution in [0, 0.1) is 10.1 Å². The molecule has 0 saturated carbocycles. The Balaban J connectivity index is 0. The number of benzene rings is 1. The van der Waals surface area contributed by atoms with Gasteiger partial charge in [-0.1, -0.05) is 37.3 Å². The summed E-state index contributed by atoms with van der Waals surface area (Å²) in [6.07, 6.45) is -0.367. The Kier molecular flexibility index (Phi) is 7.65. The minimum atomic E-state index is -1.24. The SMILES string of the molecule is CCC(N)(Cc1ccccc1)C(N)[N+](=O)[O-].[H-].[K+]. The molecule has 90 valence electrons. The van der Waals surface area contributed by atoms with Crippen molar-refractivity contribution < 1.29 is 57.7 Å². The van der Waals surface area contributed by atoms with Crippen molar-refractivity contribution in [3.63, 3.8) is 0 Å². The number of hydrogen-bond donors (Lipinski definition) is 2. The van der Waals surface area contributed by atoms with Crippen molar-refractivity contribution in [2.45, 2.75) is 31.5 Å². The Bertz CT molecular complexity index is 367. The van der Waals surface area contributed by atoms with Gasteiger partial charge in [0.05, 0.1) is 0 Å². The van der Waals surface area contributed by atoms with E-state index in [1.54, 1.807) is 0 Å².